The molecule has 0 spiro atoms. The van der Waals surface area contributed by atoms with Gasteiger partial charge in [-0.05, 0) is 17.5 Å². The van der Waals surface area contributed by atoms with E-state index in [1.54, 1.807) is 17.5 Å². The molecule has 0 fully saturated rings. The number of hydrogen-bond acceptors (Lipinski definition) is 4. The number of rotatable bonds is 4. The van der Waals surface area contributed by atoms with Gasteiger partial charge in [-0.15, -0.1) is 11.3 Å². The van der Waals surface area contributed by atoms with Crippen LogP contribution in [-0.2, 0) is 6.54 Å². The van der Waals surface area contributed by atoms with Crippen LogP contribution in [0.25, 0.3) is 21.5 Å². The van der Waals surface area contributed by atoms with E-state index in [4.69, 9.17) is 4.52 Å². The number of H-pyrrole nitrogens is 1. The maximum absolute atomic E-state index is 12.3. The van der Waals surface area contributed by atoms with Crippen LogP contribution in [0.3, 0.4) is 0 Å². The van der Waals surface area contributed by atoms with Gasteiger partial charge in [0.15, 0.2) is 5.76 Å². The molecule has 5 nitrogen and oxygen atoms in total. The number of carbonyl (C=O) groups excluding carboxylic acids is 1. The summed E-state index contributed by atoms with van der Waals surface area (Å²) in [4.78, 5) is 16.5. The highest BCUT2D eigenvalue weighted by Crippen LogP contribution is 2.25. The topological polar surface area (TPSA) is 70.9 Å². The highest BCUT2D eigenvalue weighted by Gasteiger charge is 2.13. The molecule has 0 saturated carbocycles. The van der Waals surface area contributed by atoms with E-state index in [0.29, 0.717) is 17.8 Å². The molecular formula is C17H13N3O2S. The van der Waals surface area contributed by atoms with Crippen molar-refractivity contribution >= 4 is 28.1 Å². The standard InChI is InChI=1S/C17H13N3O2S/c21-17(13-10-18-14-5-2-1-4-12(13)14)19-9-11-8-15(22-20-11)16-6-3-7-23-16/h1-8,10,18H,9H2,(H,19,21). The van der Waals surface area contributed by atoms with Gasteiger partial charge in [0.25, 0.3) is 5.91 Å². The maximum atomic E-state index is 12.3. The second kappa shape index (κ2) is 5.73. The van der Waals surface area contributed by atoms with Crippen LogP contribution in [0.15, 0.2) is 58.6 Å². The number of carbonyl (C=O) groups is 1. The molecule has 0 aliphatic rings. The summed E-state index contributed by atoms with van der Waals surface area (Å²) in [6.45, 7) is 0.327. The molecule has 0 aliphatic heterocycles. The number of para-hydroxylation sites is 1. The molecule has 4 aromatic rings. The molecule has 0 saturated heterocycles. The number of aromatic nitrogens is 2. The van der Waals surface area contributed by atoms with Crippen LogP contribution in [0.5, 0.6) is 0 Å². The molecule has 4 rings (SSSR count). The summed E-state index contributed by atoms with van der Waals surface area (Å²) in [6.07, 6.45) is 1.72. The van der Waals surface area contributed by atoms with Crippen molar-refractivity contribution in [3.8, 4) is 10.6 Å². The zero-order valence-electron chi connectivity index (χ0n) is 12.1. The van der Waals surface area contributed by atoms with Crippen molar-refractivity contribution in [2.24, 2.45) is 0 Å². The van der Waals surface area contributed by atoms with Crippen LogP contribution in [0, 0.1) is 0 Å². The van der Waals surface area contributed by atoms with Crippen molar-refractivity contribution in [1.29, 1.82) is 0 Å². The summed E-state index contributed by atoms with van der Waals surface area (Å²) in [5.41, 5.74) is 2.27. The Kier molecular flexibility index (Phi) is 3.44. The SMILES string of the molecule is O=C(NCc1cc(-c2cccs2)on1)c1c[nH]c2ccccc12. The third-order valence-corrected chi connectivity index (χ3v) is 4.47. The van der Waals surface area contributed by atoms with Crippen LogP contribution in [0.4, 0.5) is 0 Å². The zero-order chi connectivity index (χ0) is 15.6. The van der Waals surface area contributed by atoms with Gasteiger partial charge in [0.1, 0.15) is 5.69 Å². The number of nitrogens with zero attached hydrogens (tertiary/aromatic N) is 1. The predicted octanol–water partition coefficient (Wildman–Crippen LogP) is 3.81. The van der Waals surface area contributed by atoms with Crippen LogP contribution in [0.1, 0.15) is 16.1 Å². The third kappa shape index (κ3) is 2.64. The lowest BCUT2D eigenvalue weighted by atomic mass is 10.1. The molecule has 3 heterocycles. The average Bonchev–Trinajstić information content (AvgIpc) is 3.31. The van der Waals surface area contributed by atoms with Gasteiger partial charge in [0, 0.05) is 23.2 Å². The Balaban J connectivity index is 1.48. The molecular weight excluding hydrogens is 310 g/mol. The Morgan fingerprint density at radius 2 is 2.17 bits per heavy atom. The zero-order valence-corrected chi connectivity index (χ0v) is 12.9. The smallest absolute Gasteiger partial charge is 0.253 e. The van der Waals surface area contributed by atoms with Crippen LogP contribution in [0.2, 0.25) is 0 Å². The average molecular weight is 323 g/mol. The molecule has 0 aliphatic carbocycles. The molecule has 2 N–H and O–H groups in total. The van der Waals surface area contributed by atoms with Crippen molar-refractivity contribution in [2.75, 3.05) is 0 Å². The fourth-order valence-corrected chi connectivity index (χ4v) is 3.13. The fourth-order valence-electron chi connectivity index (χ4n) is 2.46. The molecule has 23 heavy (non-hydrogen) atoms. The van der Waals surface area contributed by atoms with Gasteiger partial charge in [-0.25, -0.2) is 0 Å². The number of hydrogen-bond donors (Lipinski definition) is 2. The van der Waals surface area contributed by atoms with E-state index >= 15 is 0 Å². The highest BCUT2D eigenvalue weighted by molar-refractivity contribution is 7.13. The van der Waals surface area contributed by atoms with Crippen molar-refractivity contribution in [3.05, 3.63) is 65.3 Å². The number of thiophene rings is 1. The monoisotopic (exact) mass is 323 g/mol. The van der Waals surface area contributed by atoms with Gasteiger partial charge in [-0.2, -0.15) is 0 Å². The second-order valence-corrected chi connectivity index (χ2v) is 6.04. The lowest BCUT2D eigenvalue weighted by Gasteiger charge is -2.01. The fraction of sp³-hybridized carbons (Fsp3) is 0.0588. The molecule has 0 radical (unpaired) electrons. The molecule has 1 aromatic carbocycles. The van der Waals surface area contributed by atoms with Crippen molar-refractivity contribution in [3.63, 3.8) is 0 Å². The first-order chi connectivity index (χ1) is 11.3. The van der Waals surface area contributed by atoms with E-state index in [0.717, 1.165) is 21.5 Å². The molecule has 1 amide bonds. The summed E-state index contributed by atoms with van der Waals surface area (Å²) in [7, 11) is 0. The number of benzene rings is 1. The first-order valence-corrected chi connectivity index (χ1v) is 8.03. The maximum Gasteiger partial charge on any atom is 0.253 e. The van der Waals surface area contributed by atoms with Crippen LogP contribution in [-0.4, -0.2) is 16.0 Å². The van der Waals surface area contributed by atoms with Gasteiger partial charge in [0.2, 0.25) is 0 Å². The van der Waals surface area contributed by atoms with Gasteiger partial charge in [-0.3, -0.25) is 4.79 Å². The Morgan fingerprint density at radius 3 is 3.04 bits per heavy atom. The lowest BCUT2D eigenvalue weighted by Crippen LogP contribution is -2.22. The molecule has 6 heteroatoms. The molecule has 0 unspecified atom stereocenters. The largest absolute Gasteiger partial charge is 0.360 e. The minimum atomic E-state index is -0.136. The summed E-state index contributed by atoms with van der Waals surface area (Å²) in [5.74, 6) is 0.583. The van der Waals surface area contributed by atoms with Gasteiger partial charge in [0.05, 0.1) is 17.0 Å². The minimum absolute atomic E-state index is 0.136. The van der Waals surface area contributed by atoms with Crippen molar-refractivity contribution in [1.82, 2.24) is 15.5 Å². The van der Waals surface area contributed by atoms with Crippen LogP contribution >= 0.6 is 11.3 Å². The number of aromatic amines is 1. The van der Waals surface area contributed by atoms with Crippen LogP contribution < -0.4 is 5.32 Å². The highest BCUT2D eigenvalue weighted by atomic mass is 32.1. The summed E-state index contributed by atoms with van der Waals surface area (Å²) < 4.78 is 5.31. The number of fused-ring (bicyclic) bond motifs is 1. The van der Waals surface area contributed by atoms with Gasteiger partial charge < -0.3 is 14.8 Å². The van der Waals surface area contributed by atoms with E-state index < -0.39 is 0 Å². The number of nitrogens with one attached hydrogen (secondary N) is 2. The van der Waals surface area contributed by atoms with Crippen molar-refractivity contribution in [2.45, 2.75) is 6.54 Å². The second-order valence-electron chi connectivity index (χ2n) is 5.09. The molecule has 0 atom stereocenters. The summed E-state index contributed by atoms with van der Waals surface area (Å²) in [5, 5.41) is 9.76. The molecule has 114 valence electrons. The normalized spacial score (nSPS) is 11.0. The lowest BCUT2D eigenvalue weighted by molar-refractivity contribution is 0.0952. The summed E-state index contributed by atoms with van der Waals surface area (Å²) >= 11 is 1.59. The van der Waals surface area contributed by atoms with E-state index in [1.165, 1.54) is 0 Å². The quantitative estimate of drug-likeness (QED) is 0.600. The van der Waals surface area contributed by atoms with Gasteiger partial charge in [-0.1, -0.05) is 29.4 Å². The minimum Gasteiger partial charge on any atom is -0.360 e. The Bertz CT molecular complexity index is 953. The Hall–Kier alpha value is -2.86. The van der Waals surface area contributed by atoms with Crippen molar-refractivity contribution < 1.29 is 9.32 Å². The van der Waals surface area contributed by atoms with E-state index in [1.807, 2.05) is 47.8 Å². The number of amides is 1. The molecule has 0 bridgehead atoms. The Labute approximate surface area is 135 Å². The first kappa shape index (κ1) is 13.8. The van der Waals surface area contributed by atoms with Gasteiger partial charge >= 0.3 is 0 Å². The van der Waals surface area contributed by atoms with E-state index in [9.17, 15) is 4.79 Å². The Morgan fingerprint density at radius 1 is 1.26 bits per heavy atom. The summed E-state index contributed by atoms with van der Waals surface area (Å²) in [6, 6.07) is 13.5. The predicted molar refractivity (Wildman–Crippen MR) is 89.3 cm³/mol. The third-order valence-electron chi connectivity index (χ3n) is 3.59. The van der Waals surface area contributed by atoms with E-state index in [2.05, 4.69) is 15.5 Å². The first-order valence-electron chi connectivity index (χ1n) is 7.15. The van der Waals surface area contributed by atoms with E-state index in [-0.39, 0.29) is 5.91 Å². The molecule has 3 aromatic heterocycles.